The maximum Gasteiger partial charge on any atom is 0.573 e. The van der Waals surface area contributed by atoms with Gasteiger partial charge in [0.2, 0.25) is 0 Å². The number of guanidine groups is 1. The van der Waals surface area contributed by atoms with Crippen LogP contribution in [0.3, 0.4) is 0 Å². The lowest BCUT2D eigenvalue weighted by Crippen LogP contribution is -2.38. The molecule has 0 aliphatic heterocycles. The van der Waals surface area contributed by atoms with E-state index in [1.54, 1.807) is 24.4 Å². The maximum atomic E-state index is 12.6. The van der Waals surface area contributed by atoms with Gasteiger partial charge >= 0.3 is 6.36 Å². The average molecular weight is 562 g/mol. The van der Waals surface area contributed by atoms with Crippen molar-refractivity contribution in [3.8, 4) is 17.3 Å². The number of nitrogens with one attached hydrogen (secondary N) is 2. The molecule has 0 fully saturated rings. The average Bonchev–Trinajstić information content (AvgIpc) is 3.21. The number of benzene rings is 1. The van der Waals surface area contributed by atoms with Crippen LogP contribution in [0.2, 0.25) is 0 Å². The van der Waals surface area contributed by atoms with Gasteiger partial charge in [-0.3, -0.25) is 4.98 Å². The third-order valence-corrected chi connectivity index (χ3v) is 3.94. The lowest BCUT2D eigenvalue weighted by atomic mass is 10.2. The first-order chi connectivity index (χ1) is 14.9. The Labute approximate surface area is 199 Å². The second kappa shape index (κ2) is 12.2. The fourth-order valence-electron chi connectivity index (χ4n) is 2.61. The topological polar surface area (TPSA) is 97.5 Å². The van der Waals surface area contributed by atoms with Crippen LogP contribution in [0, 0.1) is 0 Å². The quantitative estimate of drug-likeness (QED) is 0.244. The molecule has 32 heavy (non-hydrogen) atoms. The first kappa shape index (κ1) is 25.4. The van der Waals surface area contributed by atoms with E-state index in [0.29, 0.717) is 48.4 Å². The Morgan fingerprint density at radius 3 is 2.62 bits per heavy atom. The molecule has 0 bridgehead atoms. The number of halogens is 4. The summed E-state index contributed by atoms with van der Waals surface area (Å²) in [6.45, 7) is 2.91. The molecule has 1 aromatic carbocycles. The Kier molecular flexibility index (Phi) is 9.68. The molecule has 8 nitrogen and oxygen atoms in total. The van der Waals surface area contributed by atoms with Crippen LogP contribution in [0.4, 0.5) is 13.2 Å². The molecule has 0 radical (unpaired) electrons. The molecule has 0 amide bonds. The summed E-state index contributed by atoms with van der Waals surface area (Å²) >= 11 is 0. The molecule has 0 unspecified atom stereocenters. The number of aromatic nitrogens is 3. The van der Waals surface area contributed by atoms with E-state index in [1.807, 2.05) is 13.0 Å². The molecule has 2 heterocycles. The van der Waals surface area contributed by atoms with Crippen molar-refractivity contribution in [2.24, 2.45) is 4.99 Å². The molecule has 0 saturated carbocycles. The first-order valence-corrected chi connectivity index (χ1v) is 9.54. The van der Waals surface area contributed by atoms with Crippen molar-refractivity contribution in [2.75, 3.05) is 13.1 Å². The molecule has 3 aromatic rings. The largest absolute Gasteiger partial charge is 0.573 e. The second-order valence-electron chi connectivity index (χ2n) is 6.26. The van der Waals surface area contributed by atoms with Crippen molar-refractivity contribution in [1.29, 1.82) is 0 Å². The zero-order valence-electron chi connectivity index (χ0n) is 17.1. The first-order valence-electron chi connectivity index (χ1n) is 9.54. The van der Waals surface area contributed by atoms with E-state index in [-0.39, 0.29) is 36.3 Å². The van der Waals surface area contributed by atoms with Crippen LogP contribution < -0.4 is 15.4 Å². The molecule has 12 heteroatoms. The Balaban J connectivity index is 0.00000363. The van der Waals surface area contributed by atoms with Crippen LogP contribution in [0.15, 0.2) is 58.2 Å². The van der Waals surface area contributed by atoms with Crippen LogP contribution >= 0.6 is 24.0 Å². The third kappa shape index (κ3) is 7.98. The molecule has 2 aromatic heterocycles. The number of hydrogen-bond donors (Lipinski definition) is 2. The number of pyridine rings is 1. The lowest BCUT2D eigenvalue weighted by molar-refractivity contribution is -0.274. The third-order valence-electron chi connectivity index (χ3n) is 3.94. The van der Waals surface area contributed by atoms with Crippen molar-refractivity contribution >= 4 is 29.9 Å². The van der Waals surface area contributed by atoms with Crippen LogP contribution in [0.5, 0.6) is 5.75 Å². The Bertz CT molecular complexity index is 998. The van der Waals surface area contributed by atoms with Crippen molar-refractivity contribution in [2.45, 2.75) is 26.3 Å². The normalized spacial score (nSPS) is 11.6. The van der Waals surface area contributed by atoms with Gasteiger partial charge in [0.15, 0.2) is 11.8 Å². The zero-order chi connectivity index (χ0) is 22.1. The Morgan fingerprint density at radius 2 is 1.91 bits per heavy atom. The Hall–Kier alpha value is -2.90. The van der Waals surface area contributed by atoms with Crippen molar-refractivity contribution in [3.63, 3.8) is 0 Å². The minimum absolute atomic E-state index is 0. The molecule has 0 aliphatic carbocycles. The molecule has 0 saturated heterocycles. The van der Waals surface area contributed by atoms with Crippen LogP contribution in [0.25, 0.3) is 11.6 Å². The second-order valence-corrected chi connectivity index (χ2v) is 6.26. The molecule has 3 rings (SSSR count). The highest BCUT2D eigenvalue weighted by Crippen LogP contribution is 2.26. The van der Waals surface area contributed by atoms with E-state index < -0.39 is 6.36 Å². The molecule has 172 valence electrons. The predicted molar refractivity (Wildman–Crippen MR) is 123 cm³/mol. The van der Waals surface area contributed by atoms with Gasteiger partial charge in [0.25, 0.3) is 5.89 Å². The molecular formula is C20H22F3IN6O2. The van der Waals surface area contributed by atoms with Crippen molar-refractivity contribution in [3.05, 3.63) is 60.0 Å². The van der Waals surface area contributed by atoms with Gasteiger partial charge in [-0.2, -0.15) is 4.98 Å². The van der Waals surface area contributed by atoms with Crippen LogP contribution in [0.1, 0.15) is 18.3 Å². The number of rotatable bonds is 8. The summed E-state index contributed by atoms with van der Waals surface area (Å²) in [5.41, 5.74) is 0.902. The van der Waals surface area contributed by atoms with Gasteiger partial charge < -0.3 is 19.9 Å². The smallest absolute Gasteiger partial charge is 0.405 e. The van der Waals surface area contributed by atoms with Gasteiger partial charge in [-0.25, -0.2) is 4.99 Å². The zero-order valence-corrected chi connectivity index (χ0v) is 19.4. The van der Waals surface area contributed by atoms with E-state index in [4.69, 9.17) is 4.52 Å². The number of aliphatic imine (C=N–C) groups is 1. The lowest BCUT2D eigenvalue weighted by Gasteiger charge is -2.13. The predicted octanol–water partition coefficient (Wildman–Crippen LogP) is 3.95. The summed E-state index contributed by atoms with van der Waals surface area (Å²) in [6, 6.07) is 11.3. The van der Waals surface area contributed by atoms with E-state index in [0.717, 1.165) is 0 Å². The van der Waals surface area contributed by atoms with E-state index in [2.05, 4.69) is 35.5 Å². The minimum Gasteiger partial charge on any atom is -0.405 e. The summed E-state index contributed by atoms with van der Waals surface area (Å²) in [4.78, 5) is 12.8. The van der Waals surface area contributed by atoms with Gasteiger partial charge in [-0.15, -0.1) is 37.1 Å². The highest BCUT2D eigenvalue weighted by molar-refractivity contribution is 14.0. The standard InChI is InChI=1S/C20H21F3N6O2.HI/c1-2-24-19(27-13-14-7-3-4-9-16(14)30-20(21,22)23)26-12-10-17-28-18(31-29-17)15-8-5-6-11-25-15;/h3-9,11H,2,10,12-13H2,1H3,(H2,24,26,27);1H. The fraction of sp³-hybridized carbons (Fsp3) is 0.300. The Morgan fingerprint density at radius 1 is 1.12 bits per heavy atom. The minimum atomic E-state index is -4.76. The molecule has 2 N–H and O–H groups in total. The van der Waals surface area contributed by atoms with Gasteiger partial charge in [-0.05, 0) is 25.1 Å². The number of nitrogens with zero attached hydrogens (tertiary/aromatic N) is 4. The van der Waals surface area contributed by atoms with Gasteiger partial charge in [0, 0.05) is 31.3 Å². The van der Waals surface area contributed by atoms with E-state index in [1.165, 1.54) is 18.2 Å². The highest BCUT2D eigenvalue weighted by Gasteiger charge is 2.31. The van der Waals surface area contributed by atoms with Gasteiger partial charge in [0.05, 0.1) is 6.54 Å². The summed E-state index contributed by atoms with van der Waals surface area (Å²) < 4.78 is 47.0. The number of alkyl halides is 3. The van der Waals surface area contributed by atoms with Crippen LogP contribution in [-0.2, 0) is 13.0 Å². The van der Waals surface area contributed by atoms with Gasteiger partial charge in [-0.1, -0.05) is 29.4 Å². The molecular weight excluding hydrogens is 540 g/mol. The van der Waals surface area contributed by atoms with E-state index >= 15 is 0 Å². The van der Waals surface area contributed by atoms with Crippen molar-refractivity contribution < 1.29 is 22.4 Å². The summed E-state index contributed by atoms with van der Waals surface area (Å²) in [5.74, 6) is 0.992. The summed E-state index contributed by atoms with van der Waals surface area (Å²) in [5, 5.41) is 10.1. The fourth-order valence-corrected chi connectivity index (χ4v) is 2.61. The molecule has 0 aliphatic rings. The van der Waals surface area contributed by atoms with Crippen molar-refractivity contribution in [1.82, 2.24) is 25.8 Å². The number of ether oxygens (including phenoxy) is 1. The maximum absolute atomic E-state index is 12.6. The monoisotopic (exact) mass is 562 g/mol. The SMILES string of the molecule is CCNC(=NCc1ccccc1OC(F)(F)F)NCCc1noc(-c2ccccn2)n1.I. The van der Waals surface area contributed by atoms with Gasteiger partial charge in [0.1, 0.15) is 11.4 Å². The van der Waals surface area contributed by atoms with E-state index in [9.17, 15) is 13.2 Å². The highest BCUT2D eigenvalue weighted by atomic mass is 127. The molecule has 0 atom stereocenters. The molecule has 0 spiro atoms. The summed E-state index contributed by atoms with van der Waals surface area (Å²) in [7, 11) is 0. The number of hydrogen-bond acceptors (Lipinski definition) is 6. The number of para-hydroxylation sites is 1. The summed E-state index contributed by atoms with van der Waals surface area (Å²) in [6.07, 6.45) is -2.67. The van der Waals surface area contributed by atoms with Crippen LogP contribution in [-0.4, -0.2) is 40.5 Å².